The molecule has 2 aliphatic rings. The predicted molar refractivity (Wildman–Crippen MR) is 184 cm³/mol. The fraction of sp³-hybridized carbons (Fsp3) is 0.314. The highest BCUT2D eigenvalue weighted by molar-refractivity contribution is 6.36. The van der Waals surface area contributed by atoms with E-state index in [1.165, 1.54) is 12.1 Å². The van der Waals surface area contributed by atoms with E-state index >= 15 is 0 Å². The van der Waals surface area contributed by atoms with Gasteiger partial charge in [0.15, 0.2) is 0 Å². The third-order valence-electron chi connectivity index (χ3n) is 9.16. The number of ether oxygens (including phenoxy) is 1. The summed E-state index contributed by atoms with van der Waals surface area (Å²) < 4.78 is 21.5. The van der Waals surface area contributed by atoms with E-state index in [9.17, 15) is 9.65 Å². The van der Waals surface area contributed by atoms with Crippen molar-refractivity contribution in [1.29, 1.82) is 5.26 Å². The lowest BCUT2D eigenvalue weighted by atomic mass is 9.69. The van der Waals surface area contributed by atoms with E-state index in [1.807, 2.05) is 49.1 Å². The van der Waals surface area contributed by atoms with Gasteiger partial charge in [0.2, 0.25) is 0 Å². The van der Waals surface area contributed by atoms with Gasteiger partial charge in [-0.05, 0) is 54.7 Å². The normalized spacial score (nSPS) is 17.1. The number of fused-ring (bicyclic) bond motifs is 1. The summed E-state index contributed by atoms with van der Waals surface area (Å²) in [6.45, 7) is 4.15. The molecule has 5 aromatic rings. The molecule has 47 heavy (non-hydrogen) atoms. The van der Waals surface area contributed by atoms with Gasteiger partial charge in [0.25, 0.3) is 0 Å². The first-order chi connectivity index (χ1) is 22.9. The number of nitrogens with zero attached hydrogens (tertiary/aromatic N) is 6. The molecule has 0 radical (unpaired) electrons. The average Bonchev–Trinajstić information content (AvgIpc) is 3.83. The quantitative estimate of drug-likeness (QED) is 0.177. The van der Waals surface area contributed by atoms with Crippen molar-refractivity contribution in [2.45, 2.75) is 36.8 Å². The molecule has 9 nitrogen and oxygen atoms in total. The minimum Gasteiger partial charge on any atom is -0.379 e. The number of nitrogens with one attached hydrogen (secondary N) is 2. The highest BCUT2D eigenvalue weighted by Gasteiger charge is 2.34. The van der Waals surface area contributed by atoms with E-state index in [4.69, 9.17) is 16.3 Å². The van der Waals surface area contributed by atoms with Crippen LogP contribution >= 0.6 is 11.6 Å². The molecule has 1 aliphatic carbocycles. The van der Waals surface area contributed by atoms with Gasteiger partial charge in [0, 0.05) is 36.9 Å². The van der Waals surface area contributed by atoms with Crippen LogP contribution in [0.25, 0.3) is 10.9 Å². The lowest BCUT2D eigenvalue weighted by molar-refractivity contribution is 0.0368. The number of aromatic nitrogens is 4. The van der Waals surface area contributed by atoms with Gasteiger partial charge in [-0.3, -0.25) is 9.88 Å². The topological polar surface area (TPSA) is 104 Å². The lowest BCUT2D eigenvalue weighted by Crippen LogP contribution is -2.38. The molecule has 1 saturated heterocycles. The van der Waals surface area contributed by atoms with Crippen LogP contribution in [0, 0.1) is 17.1 Å². The maximum absolute atomic E-state index is 14.0. The van der Waals surface area contributed by atoms with Crippen molar-refractivity contribution in [1.82, 2.24) is 24.9 Å². The molecule has 0 bridgehead atoms. The van der Waals surface area contributed by atoms with Crippen LogP contribution in [0.4, 0.5) is 15.8 Å². The molecule has 2 atom stereocenters. The smallest absolute Gasteiger partial charge is 0.148 e. The molecule has 1 saturated carbocycles. The number of hydrogen-bond donors (Lipinski definition) is 2. The van der Waals surface area contributed by atoms with E-state index < -0.39 is 5.44 Å². The number of benzene rings is 3. The van der Waals surface area contributed by atoms with Crippen LogP contribution in [0.3, 0.4) is 0 Å². The van der Waals surface area contributed by atoms with Crippen LogP contribution in [-0.2, 0) is 10.2 Å². The van der Waals surface area contributed by atoms with Gasteiger partial charge in [0.05, 0.1) is 58.7 Å². The Morgan fingerprint density at radius 3 is 2.60 bits per heavy atom. The van der Waals surface area contributed by atoms with E-state index in [2.05, 4.69) is 49.0 Å². The van der Waals surface area contributed by atoms with Crippen molar-refractivity contribution in [3.05, 3.63) is 112 Å². The van der Waals surface area contributed by atoms with E-state index in [0.717, 1.165) is 68.6 Å². The third kappa shape index (κ3) is 6.68. The Balaban J connectivity index is 1.28. The second-order valence-corrected chi connectivity index (χ2v) is 12.8. The summed E-state index contributed by atoms with van der Waals surface area (Å²) in [6.07, 6.45) is 6.50. The second-order valence-electron chi connectivity index (χ2n) is 12.4. The van der Waals surface area contributed by atoms with Crippen molar-refractivity contribution < 1.29 is 9.13 Å². The third-order valence-corrected chi connectivity index (χ3v) is 9.45. The van der Waals surface area contributed by atoms with Gasteiger partial charge in [-0.2, -0.15) is 5.26 Å². The highest BCUT2D eigenvalue weighted by Crippen LogP contribution is 2.39. The van der Waals surface area contributed by atoms with Crippen LogP contribution in [0.2, 0.25) is 5.02 Å². The molecular formula is C35H35BClFN8O. The standard InChI is InChI=1S/C35H35BClFN8O/c36-35(25-6-8-26(38)9-7-25,32-22-46(44-43-32)28-10-11-28)42-27-18-29-33(24(20-39)21-40-34(29)30(37)19-27)41-31(23-4-2-1-3-5-23)12-13-45-14-16-47-17-15-45/h1-9,18-19,21-22,28,31,42H,10-17,36H2,(H,40,41)/t31-,35+/m1/s1. The van der Waals surface area contributed by atoms with E-state index in [0.29, 0.717) is 39.2 Å². The molecule has 3 aromatic carbocycles. The number of hydrogen-bond acceptors (Lipinski definition) is 8. The Hall–Kier alpha value is -4.50. The molecule has 2 aromatic heterocycles. The first-order valence-corrected chi connectivity index (χ1v) is 16.4. The molecule has 7 rings (SSSR count). The highest BCUT2D eigenvalue weighted by atomic mass is 35.5. The largest absolute Gasteiger partial charge is 0.379 e. The fourth-order valence-electron chi connectivity index (χ4n) is 6.27. The van der Waals surface area contributed by atoms with Crippen molar-refractivity contribution in [3.63, 3.8) is 0 Å². The first kappa shape index (κ1) is 31.1. The monoisotopic (exact) mass is 648 g/mol. The Bertz CT molecular complexity index is 1910. The van der Waals surface area contributed by atoms with E-state index in [1.54, 1.807) is 18.3 Å². The zero-order chi connectivity index (χ0) is 32.4. The summed E-state index contributed by atoms with van der Waals surface area (Å²) >= 11 is 6.93. The molecule has 2 fully saturated rings. The van der Waals surface area contributed by atoms with E-state index in [-0.39, 0.29) is 11.9 Å². The zero-order valence-corrected chi connectivity index (χ0v) is 26.9. The maximum atomic E-state index is 14.0. The average molecular weight is 649 g/mol. The SMILES string of the molecule is B[C@](Nc1cc(Cl)c2ncc(C#N)c(N[C@H](CCN3CCOCC3)c3ccccc3)c2c1)(c1ccc(F)cc1)c1cn(C2CC2)nn1. The molecule has 2 N–H and O–H groups in total. The number of anilines is 2. The molecule has 0 amide bonds. The molecule has 0 spiro atoms. The Labute approximate surface area is 279 Å². The summed E-state index contributed by atoms with van der Waals surface area (Å²) in [5, 5.41) is 27.7. The van der Waals surface area contributed by atoms with Crippen LogP contribution in [-0.4, -0.2) is 65.6 Å². The van der Waals surface area contributed by atoms with Gasteiger partial charge in [-0.1, -0.05) is 59.3 Å². The molecule has 0 unspecified atom stereocenters. The Morgan fingerprint density at radius 1 is 1.11 bits per heavy atom. The minimum atomic E-state index is -0.879. The van der Waals surface area contributed by atoms with Crippen LogP contribution < -0.4 is 10.6 Å². The van der Waals surface area contributed by atoms with Gasteiger partial charge in [-0.25, -0.2) is 9.07 Å². The number of pyridine rings is 1. The number of morpholine rings is 1. The van der Waals surface area contributed by atoms with Gasteiger partial charge in [0.1, 0.15) is 25.4 Å². The number of halogens is 2. The molecular weight excluding hydrogens is 614 g/mol. The number of rotatable bonds is 11. The summed E-state index contributed by atoms with van der Waals surface area (Å²) in [7, 11) is 2.00. The molecule has 12 heteroatoms. The van der Waals surface area contributed by atoms with Gasteiger partial charge >= 0.3 is 0 Å². The summed E-state index contributed by atoms with van der Waals surface area (Å²) in [5.41, 5.74) is 4.12. The minimum absolute atomic E-state index is 0.0749. The summed E-state index contributed by atoms with van der Waals surface area (Å²) in [6, 6.07) is 23.1. The molecule has 1 aliphatic heterocycles. The fourth-order valence-corrected chi connectivity index (χ4v) is 6.54. The van der Waals surface area contributed by atoms with Crippen LogP contribution in [0.15, 0.2) is 79.1 Å². The predicted octanol–water partition coefficient (Wildman–Crippen LogP) is 5.65. The zero-order valence-electron chi connectivity index (χ0n) is 26.2. The van der Waals surface area contributed by atoms with Crippen LogP contribution in [0.1, 0.15) is 53.7 Å². The van der Waals surface area contributed by atoms with Crippen molar-refractivity contribution >= 4 is 41.7 Å². The molecule has 3 heterocycles. The number of nitriles is 1. The van der Waals surface area contributed by atoms with Crippen molar-refractivity contribution in [3.8, 4) is 6.07 Å². The summed E-state index contributed by atoms with van der Waals surface area (Å²) in [4.78, 5) is 7.00. The Morgan fingerprint density at radius 2 is 1.87 bits per heavy atom. The van der Waals surface area contributed by atoms with Crippen LogP contribution in [0.5, 0.6) is 0 Å². The summed E-state index contributed by atoms with van der Waals surface area (Å²) in [5.74, 6) is -0.320. The maximum Gasteiger partial charge on any atom is 0.148 e. The van der Waals surface area contributed by atoms with Gasteiger partial charge < -0.3 is 15.4 Å². The Kier molecular flexibility index (Phi) is 8.82. The second kappa shape index (κ2) is 13.3. The lowest BCUT2D eigenvalue weighted by Gasteiger charge is -2.31. The first-order valence-electron chi connectivity index (χ1n) is 16.0. The van der Waals surface area contributed by atoms with Crippen molar-refractivity contribution in [2.75, 3.05) is 43.5 Å². The van der Waals surface area contributed by atoms with Gasteiger partial charge in [-0.15, -0.1) is 5.10 Å². The van der Waals surface area contributed by atoms with Crippen molar-refractivity contribution in [2.24, 2.45) is 0 Å². The molecule has 238 valence electrons.